The minimum Gasteiger partial charge on any atom is -0.492 e. The summed E-state index contributed by atoms with van der Waals surface area (Å²) in [5.41, 5.74) is 5.95. The summed E-state index contributed by atoms with van der Waals surface area (Å²) in [5, 5.41) is 5.20. The average molecular weight is 303 g/mol. The summed E-state index contributed by atoms with van der Waals surface area (Å²) in [4.78, 5) is 0. The normalized spacial score (nSPS) is 11.5. The van der Waals surface area contributed by atoms with Crippen molar-refractivity contribution in [2.75, 3.05) is 24.2 Å². The Kier molecular flexibility index (Phi) is 3.42. The molecule has 0 bridgehead atoms. The van der Waals surface area contributed by atoms with E-state index in [0.29, 0.717) is 5.76 Å². The monoisotopic (exact) mass is 303 g/mol. The lowest BCUT2D eigenvalue weighted by Crippen LogP contribution is -2.26. The Hall–Kier alpha value is -1.74. The molecule has 2 aromatic heterocycles. The number of nitrogens with two attached hydrogens (primary N) is 1. The van der Waals surface area contributed by atoms with Gasteiger partial charge in [0.15, 0.2) is 15.8 Å². The smallest absolute Gasteiger partial charge is 0.278 e. The van der Waals surface area contributed by atoms with E-state index in [0.717, 1.165) is 15.6 Å². The molecule has 2 heterocycles. The van der Waals surface area contributed by atoms with Crippen LogP contribution in [0.25, 0.3) is 0 Å². The van der Waals surface area contributed by atoms with Crippen LogP contribution in [0, 0.1) is 6.92 Å². The van der Waals surface area contributed by atoms with Gasteiger partial charge in [0.1, 0.15) is 5.76 Å². The van der Waals surface area contributed by atoms with E-state index in [1.54, 1.807) is 6.92 Å². The van der Waals surface area contributed by atoms with Crippen LogP contribution in [0.15, 0.2) is 20.2 Å². The van der Waals surface area contributed by atoms with Gasteiger partial charge in [-0.15, -0.1) is 11.3 Å². The van der Waals surface area contributed by atoms with E-state index in [-0.39, 0.29) is 21.5 Å². The van der Waals surface area contributed by atoms with E-state index in [2.05, 4.69) is 5.16 Å². The molecule has 0 spiro atoms. The van der Waals surface area contributed by atoms with E-state index in [9.17, 15) is 8.42 Å². The first-order valence-corrected chi connectivity index (χ1v) is 7.53. The van der Waals surface area contributed by atoms with E-state index >= 15 is 0 Å². The molecule has 0 aliphatic carbocycles. The molecule has 0 atom stereocenters. The number of nitrogen functional groups attached to an aromatic ring is 1. The molecule has 2 aromatic rings. The van der Waals surface area contributed by atoms with Crippen LogP contribution in [0.2, 0.25) is 0 Å². The first-order chi connectivity index (χ1) is 8.87. The summed E-state index contributed by atoms with van der Waals surface area (Å²) in [6, 6.07) is 1.53. The molecular weight excluding hydrogens is 290 g/mol. The summed E-state index contributed by atoms with van der Waals surface area (Å²) in [6.07, 6.45) is 0. The fraction of sp³-hybridized carbons (Fsp3) is 0.300. The quantitative estimate of drug-likeness (QED) is 0.918. The van der Waals surface area contributed by atoms with Crippen molar-refractivity contribution in [3.8, 4) is 5.75 Å². The minimum atomic E-state index is -3.78. The van der Waals surface area contributed by atoms with Crippen LogP contribution in [0.1, 0.15) is 5.76 Å². The number of thiophene rings is 1. The van der Waals surface area contributed by atoms with Crippen molar-refractivity contribution in [2.24, 2.45) is 0 Å². The van der Waals surface area contributed by atoms with E-state index in [1.165, 1.54) is 25.6 Å². The Morgan fingerprint density at radius 1 is 1.53 bits per heavy atom. The molecular formula is C10H13N3O4S2. The van der Waals surface area contributed by atoms with Gasteiger partial charge in [0.2, 0.25) is 0 Å². The molecule has 0 aliphatic heterocycles. The number of nitrogens with zero attached hydrogens (tertiary/aromatic N) is 2. The molecule has 0 saturated heterocycles. The molecule has 0 unspecified atom stereocenters. The van der Waals surface area contributed by atoms with Crippen LogP contribution in [0.5, 0.6) is 5.75 Å². The number of hydrogen-bond acceptors (Lipinski definition) is 7. The third kappa shape index (κ3) is 2.26. The number of hydrogen-bond donors (Lipinski definition) is 1. The van der Waals surface area contributed by atoms with Gasteiger partial charge in [0.05, 0.1) is 12.8 Å². The lowest BCUT2D eigenvalue weighted by molar-refractivity contribution is 0.398. The van der Waals surface area contributed by atoms with Gasteiger partial charge in [-0.3, -0.25) is 0 Å². The highest BCUT2D eigenvalue weighted by Gasteiger charge is 2.30. The van der Waals surface area contributed by atoms with Crippen LogP contribution < -0.4 is 14.8 Å². The number of ether oxygens (including phenoxy) is 1. The highest BCUT2D eigenvalue weighted by atomic mass is 32.2. The van der Waals surface area contributed by atoms with E-state index in [1.807, 2.05) is 0 Å². The Balaban J connectivity index is 2.47. The summed E-state index contributed by atoms with van der Waals surface area (Å²) in [6.45, 7) is 1.68. The highest BCUT2D eigenvalue weighted by Crippen LogP contribution is 2.38. The van der Waals surface area contributed by atoms with Crippen molar-refractivity contribution < 1.29 is 17.7 Å². The molecule has 9 heteroatoms. The number of rotatable bonds is 4. The van der Waals surface area contributed by atoms with Gasteiger partial charge in [-0.2, -0.15) is 8.42 Å². The molecule has 0 amide bonds. The molecule has 0 aliphatic rings. The summed E-state index contributed by atoms with van der Waals surface area (Å²) >= 11 is 0.999. The van der Waals surface area contributed by atoms with Gasteiger partial charge in [-0.1, -0.05) is 5.16 Å². The molecule has 0 fully saturated rings. The van der Waals surface area contributed by atoms with Crippen LogP contribution in [-0.4, -0.2) is 27.7 Å². The SMILES string of the molecule is COc1c(N)csc1S(=O)(=O)N(C)c1cc(C)on1. The molecule has 0 saturated carbocycles. The number of anilines is 2. The predicted molar refractivity (Wildman–Crippen MR) is 72.1 cm³/mol. The number of aryl methyl sites for hydroxylation is 1. The summed E-state index contributed by atoms with van der Waals surface area (Å²) in [7, 11) is -1.01. The first-order valence-electron chi connectivity index (χ1n) is 5.21. The standard InChI is InChI=1S/C10H13N3O4S2/c1-6-4-8(12-17-6)13(2)19(14,15)10-9(16-3)7(11)5-18-10/h4-5H,11H2,1-3H3. The second-order valence-corrected chi connectivity index (χ2v) is 6.82. The molecule has 19 heavy (non-hydrogen) atoms. The first kappa shape index (κ1) is 13.7. The van der Waals surface area contributed by atoms with Gasteiger partial charge in [0, 0.05) is 18.5 Å². The average Bonchev–Trinajstić information content (AvgIpc) is 2.94. The third-order valence-electron chi connectivity index (χ3n) is 2.48. The van der Waals surface area contributed by atoms with Gasteiger partial charge in [-0.25, -0.2) is 4.31 Å². The minimum absolute atomic E-state index is 0.0376. The van der Waals surface area contributed by atoms with Gasteiger partial charge < -0.3 is 15.0 Å². The molecule has 0 radical (unpaired) electrons. The van der Waals surface area contributed by atoms with Crippen LogP contribution in [0.3, 0.4) is 0 Å². The number of sulfonamides is 1. The molecule has 2 rings (SSSR count). The number of aromatic nitrogens is 1. The topological polar surface area (TPSA) is 98.7 Å². The van der Waals surface area contributed by atoms with E-state index < -0.39 is 10.0 Å². The highest BCUT2D eigenvalue weighted by molar-refractivity contribution is 7.94. The Bertz CT molecular complexity index is 689. The summed E-state index contributed by atoms with van der Waals surface area (Å²) < 4.78 is 35.9. The maximum Gasteiger partial charge on any atom is 0.278 e. The maximum absolute atomic E-state index is 12.5. The molecule has 2 N–H and O–H groups in total. The fourth-order valence-electron chi connectivity index (χ4n) is 1.47. The zero-order valence-corrected chi connectivity index (χ0v) is 12.2. The lowest BCUT2D eigenvalue weighted by Gasteiger charge is -2.15. The Morgan fingerprint density at radius 2 is 2.21 bits per heavy atom. The Labute approximate surface area is 114 Å². The van der Waals surface area contributed by atoms with Crippen molar-refractivity contribution in [1.29, 1.82) is 0 Å². The molecule has 104 valence electrons. The fourth-order valence-corrected chi connectivity index (χ4v) is 4.10. The van der Waals surface area contributed by atoms with Crippen molar-refractivity contribution in [3.63, 3.8) is 0 Å². The van der Waals surface area contributed by atoms with Crippen molar-refractivity contribution >= 4 is 32.9 Å². The molecule has 0 aromatic carbocycles. The van der Waals surface area contributed by atoms with Crippen LogP contribution in [-0.2, 0) is 10.0 Å². The zero-order valence-electron chi connectivity index (χ0n) is 10.6. The van der Waals surface area contributed by atoms with Gasteiger partial charge >= 0.3 is 0 Å². The van der Waals surface area contributed by atoms with Crippen molar-refractivity contribution in [2.45, 2.75) is 11.1 Å². The van der Waals surface area contributed by atoms with Gasteiger partial charge in [-0.05, 0) is 6.92 Å². The van der Waals surface area contributed by atoms with Crippen LogP contribution in [0.4, 0.5) is 11.5 Å². The second-order valence-electron chi connectivity index (χ2n) is 3.78. The maximum atomic E-state index is 12.5. The molecule has 7 nitrogen and oxygen atoms in total. The van der Waals surface area contributed by atoms with Gasteiger partial charge in [0.25, 0.3) is 10.0 Å². The summed E-state index contributed by atoms with van der Waals surface area (Å²) in [5.74, 6) is 0.873. The number of methoxy groups -OCH3 is 1. The van der Waals surface area contributed by atoms with Crippen molar-refractivity contribution in [1.82, 2.24) is 5.16 Å². The zero-order chi connectivity index (χ0) is 14.2. The largest absolute Gasteiger partial charge is 0.492 e. The Morgan fingerprint density at radius 3 is 2.74 bits per heavy atom. The predicted octanol–water partition coefficient (Wildman–Crippen LogP) is 1.46. The van der Waals surface area contributed by atoms with E-state index in [4.69, 9.17) is 15.0 Å². The second kappa shape index (κ2) is 4.74. The van der Waals surface area contributed by atoms with Crippen molar-refractivity contribution in [3.05, 3.63) is 17.2 Å². The third-order valence-corrected chi connectivity index (χ3v) is 5.73. The van der Waals surface area contributed by atoms with Crippen LogP contribution >= 0.6 is 11.3 Å². The lowest BCUT2D eigenvalue weighted by atomic mass is 10.5.